The topological polar surface area (TPSA) is 41.1 Å². The second-order valence-corrected chi connectivity index (χ2v) is 2.88. The Kier molecular flexibility index (Phi) is 1.89. The molecule has 2 aromatic heterocycles. The van der Waals surface area contributed by atoms with Crippen molar-refractivity contribution in [3.8, 4) is 6.07 Å². The minimum atomic E-state index is -4.47. The van der Waals surface area contributed by atoms with Crippen molar-refractivity contribution in [2.45, 2.75) is 6.18 Å². The molecule has 0 bridgehead atoms. The molecule has 2 heterocycles. The molecule has 0 saturated heterocycles. The second-order valence-electron chi connectivity index (χ2n) is 2.88. The van der Waals surface area contributed by atoms with E-state index in [0.717, 1.165) is 16.8 Å². The summed E-state index contributed by atoms with van der Waals surface area (Å²) in [6.07, 6.45) is -3.36. The molecule has 3 nitrogen and oxygen atoms in total. The molecule has 2 aromatic rings. The first kappa shape index (κ1) is 9.52. The zero-order valence-corrected chi connectivity index (χ0v) is 7.28. The van der Waals surface area contributed by atoms with E-state index < -0.39 is 11.9 Å². The van der Waals surface area contributed by atoms with Gasteiger partial charge in [-0.1, -0.05) is 6.07 Å². The molecule has 6 heteroatoms. The smallest absolute Gasteiger partial charge is 0.227 e. The van der Waals surface area contributed by atoms with E-state index in [4.69, 9.17) is 5.26 Å². The molecule has 0 radical (unpaired) electrons. The van der Waals surface area contributed by atoms with Crippen LogP contribution < -0.4 is 0 Å². The molecule has 0 amide bonds. The van der Waals surface area contributed by atoms with Crippen LogP contribution in [0.5, 0.6) is 0 Å². The first-order chi connectivity index (χ1) is 7.04. The summed E-state index contributed by atoms with van der Waals surface area (Å²) in [5.41, 5.74) is -0.602. The molecule has 0 aliphatic rings. The van der Waals surface area contributed by atoms with Gasteiger partial charge in [-0.15, -0.1) is 0 Å². The van der Waals surface area contributed by atoms with E-state index in [0.29, 0.717) is 0 Å². The van der Waals surface area contributed by atoms with Gasteiger partial charge in [0, 0.05) is 0 Å². The second kappa shape index (κ2) is 2.98. The highest BCUT2D eigenvalue weighted by Gasteiger charge is 2.34. The lowest BCUT2D eigenvalue weighted by atomic mass is 10.2. The molecular formula is C9H4F3N3. The zero-order valence-electron chi connectivity index (χ0n) is 7.28. The van der Waals surface area contributed by atoms with Gasteiger partial charge in [0.1, 0.15) is 11.8 Å². The number of aromatic nitrogens is 2. The number of fused-ring (bicyclic) bond motifs is 1. The molecule has 0 unspecified atom stereocenters. The Hall–Kier alpha value is -2.03. The summed E-state index contributed by atoms with van der Waals surface area (Å²) >= 11 is 0. The zero-order chi connectivity index (χ0) is 11.1. The van der Waals surface area contributed by atoms with Gasteiger partial charge < -0.3 is 0 Å². The molecule has 76 valence electrons. The first-order valence-corrected chi connectivity index (χ1v) is 3.98. The average molecular weight is 211 g/mol. The third kappa shape index (κ3) is 1.42. The van der Waals surface area contributed by atoms with Crippen LogP contribution in [-0.2, 0) is 6.18 Å². The summed E-state index contributed by atoms with van der Waals surface area (Å²) in [5, 5.41) is 12.2. The maximum absolute atomic E-state index is 12.5. The lowest BCUT2D eigenvalue weighted by Gasteiger charge is -2.07. The van der Waals surface area contributed by atoms with Gasteiger partial charge in [-0.25, -0.2) is 4.52 Å². The minimum Gasteiger partial charge on any atom is -0.227 e. The maximum atomic E-state index is 12.5. The number of nitriles is 1. The minimum absolute atomic E-state index is 0.126. The van der Waals surface area contributed by atoms with E-state index in [1.807, 2.05) is 0 Å². The van der Waals surface area contributed by atoms with Gasteiger partial charge in [0.2, 0.25) is 0 Å². The van der Waals surface area contributed by atoms with Crippen LogP contribution in [0.15, 0.2) is 24.4 Å². The quantitative estimate of drug-likeness (QED) is 0.670. The van der Waals surface area contributed by atoms with Crippen molar-refractivity contribution in [1.82, 2.24) is 9.61 Å². The van der Waals surface area contributed by atoms with Crippen LogP contribution in [-0.4, -0.2) is 9.61 Å². The summed E-state index contributed by atoms with van der Waals surface area (Å²) in [5.74, 6) is 0. The largest absolute Gasteiger partial charge is 0.433 e. The third-order valence-corrected chi connectivity index (χ3v) is 1.95. The Morgan fingerprint density at radius 3 is 2.67 bits per heavy atom. The SMILES string of the molecule is N#Cc1cnn2c(C(F)(F)F)cccc12. The fourth-order valence-corrected chi connectivity index (χ4v) is 1.31. The van der Waals surface area contributed by atoms with Crippen molar-refractivity contribution >= 4 is 5.52 Å². The molecule has 0 atom stereocenters. The van der Waals surface area contributed by atoms with Crippen molar-refractivity contribution in [3.05, 3.63) is 35.7 Å². The summed E-state index contributed by atoms with van der Waals surface area (Å²) in [6.45, 7) is 0. The number of hydrogen-bond acceptors (Lipinski definition) is 2. The summed E-state index contributed by atoms with van der Waals surface area (Å²) < 4.78 is 38.2. The van der Waals surface area contributed by atoms with Gasteiger partial charge in [-0.05, 0) is 12.1 Å². The Bertz CT molecular complexity index is 548. The predicted octanol–water partition coefficient (Wildman–Crippen LogP) is 2.22. The van der Waals surface area contributed by atoms with Crippen molar-refractivity contribution in [2.24, 2.45) is 0 Å². The number of pyridine rings is 1. The van der Waals surface area contributed by atoms with E-state index in [2.05, 4.69) is 5.10 Å². The van der Waals surface area contributed by atoms with Gasteiger partial charge in [0.05, 0.1) is 17.3 Å². The molecule has 0 aliphatic carbocycles. The molecule has 0 spiro atoms. The average Bonchev–Trinajstić information content (AvgIpc) is 2.58. The fourth-order valence-electron chi connectivity index (χ4n) is 1.31. The van der Waals surface area contributed by atoms with E-state index in [-0.39, 0.29) is 11.1 Å². The third-order valence-electron chi connectivity index (χ3n) is 1.95. The lowest BCUT2D eigenvalue weighted by molar-refractivity contribution is -0.142. The highest BCUT2D eigenvalue weighted by molar-refractivity contribution is 5.60. The van der Waals surface area contributed by atoms with E-state index >= 15 is 0 Å². The molecule has 0 fully saturated rings. The van der Waals surface area contributed by atoms with E-state index in [1.54, 1.807) is 6.07 Å². The molecule has 0 saturated carbocycles. The first-order valence-electron chi connectivity index (χ1n) is 3.98. The molecule has 15 heavy (non-hydrogen) atoms. The number of halogens is 3. The van der Waals surface area contributed by atoms with Crippen LogP contribution in [0.1, 0.15) is 11.3 Å². The molecule has 0 aliphatic heterocycles. The normalized spacial score (nSPS) is 11.6. The van der Waals surface area contributed by atoms with Crippen LogP contribution in [0.2, 0.25) is 0 Å². The molecule has 2 rings (SSSR count). The van der Waals surface area contributed by atoms with Crippen molar-refractivity contribution in [2.75, 3.05) is 0 Å². The molecular weight excluding hydrogens is 207 g/mol. The maximum Gasteiger partial charge on any atom is 0.433 e. The number of hydrogen-bond donors (Lipinski definition) is 0. The van der Waals surface area contributed by atoms with Crippen molar-refractivity contribution in [3.63, 3.8) is 0 Å². The van der Waals surface area contributed by atoms with Crippen molar-refractivity contribution < 1.29 is 13.2 Å². The van der Waals surface area contributed by atoms with E-state index in [9.17, 15) is 13.2 Å². The van der Waals surface area contributed by atoms with Gasteiger partial charge in [-0.2, -0.15) is 23.5 Å². The molecule has 0 aromatic carbocycles. The number of alkyl halides is 3. The monoisotopic (exact) mass is 211 g/mol. The van der Waals surface area contributed by atoms with E-state index in [1.165, 1.54) is 12.1 Å². The van der Waals surface area contributed by atoms with Gasteiger partial charge >= 0.3 is 6.18 Å². The number of rotatable bonds is 0. The Balaban J connectivity index is 2.80. The Labute approximate surface area is 82.4 Å². The Morgan fingerprint density at radius 1 is 1.33 bits per heavy atom. The van der Waals surface area contributed by atoms with Crippen molar-refractivity contribution in [1.29, 1.82) is 5.26 Å². The van der Waals surface area contributed by atoms with Gasteiger partial charge in [-0.3, -0.25) is 0 Å². The van der Waals surface area contributed by atoms with Crippen LogP contribution in [0.25, 0.3) is 5.52 Å². The van der Waals surface area contributed by atoms with Crippen LogP contribution in [0, 0.1) is 11.3 Å². The fraction of sp³-hybridized carbons (Fsp3) is 0.111. The highest BCUT2D eigenvalue weighted by Crippen LogP contribution is 2.29. The summed E-state index contributed by atoms with van der Waals surface area (Å²) in [6, 6.07) is 5.36. The summed E-state index contributed by atoms with van der Waals surface area (Å²) in [7, 11) is 0. The summed E-state index contributed by atoms with van der Waals surface area (Å²) in [4.78, 5) is 0. The Morgan fingerprint density at radius 2 is 2.07 bits per heavy atom. The highest BCUT2D eigenvalue weighted by atomic mass is 19.4. The standard InChI is InChI=1S/C9H4F3N3/c10-9(11,12)8-3-1-2-7-6(4-13)5-14-15(7)8/h1-3,5H. The predicted molar refractivity (Wildman–Crippen MR) is 44.9 cm³/mol. The van der Waals surface area contributed by atoms with Crippen LogP contribution >= 0.6 is 0 Å². The lowest BCUT2D eigenvalue weighted by Crippen LogP contribution is -2.11. The number of nitrogens with zero attached hydrogens (tertiary/aromatic N) is 3. The van der Waals surface area contributed by atoms with Gasteiger partial charge in [0.15, 0.2) is 0 Å². The molecule has 0 N–H and O–H groups in total. The van der Waals surface area contributed by atoms with Crippen LogP contribution in [0.4, 0.5) is 13.2 Å². The van der Waals surface area contributed by atoms with Crippen LogP contribution in [0.3, 0.4) is 0 Å². The van der Waals surface area contributed by atoms with Gasteiger partial charge in [0.25, 0.3) is 0 Å².